The van der Waals surface area contributed by atoms with E-state index < -0.39 is 0 Å². The first-order valence-corrected chi connectivity index (χ1v) is 6.27. The van der Waals surface area contributed by atoms with Crippen LogP contribution in [0.15, 0.2) is 41.3 Å². The Kier molecular flexibility index (Phi) is 2.67. The van der Waals surface area contributed by atoms with Crippen LogP contribution in [0.25, 0.3) is 10.0 Å². The Morgan fingerprint density at radius 3 is 2.36 bits per heavy atom. The number of ketones is 1. The molecular formula is C12H10OSe. The van der Waals surface area contributed by atoms with Crippen molar-refractivity contribution in [1.29, 1.82) is 0 Å². The van der Waals surface area contributed by atoms with Crippen molar-refractivity contribution in [3.8, 4) is 10.0 Å². The van der Waals surface area contributed by atoms with E-state index in [1.165, 1.54) is 10.0 Å². The zero-order valence-electron chi connectivity index (χ0n) is 7.86. The molecule has 0 amide bonds. The van der Waals surface area contributed by atoms with Crippen LogP contribution >= 0.6 is 0 Å². The van der Waals surface area contributed by atoms with Gasteiger partial charge in [-0.1, -0.05) is 0 Å². The third kappa shape index (κ3) is 1.87. The van der Waals surface area contributed by atoms with Crippen molar-refractivity contribution in [1.82, 2.24) is 0 Å². The van der Waals surface area contributed by atoms with Crippen LogP contribution in [-0.4, -0.2) is 20.3 Å². The van der Waals surface area contributed by atoms with Crippen LogP contribution in [-0.2, 0) is 0 Å². The summed E-state index contributed by atoms with van der Waals surface area (Å²) in [6.07, 6.45) is 0. The van der Waals surface area contributed by atoms with E-state index in [1.54, 1.807) is 6.92 Å². The maximum atomic E-state index is 11.1. The number of rotatable bonds is 2. The number of hydrogen-bond acceptors (Lipinski definition) is 1. The Morgan fingerprint density at radius 2 is 1.86 bits per heavy atom. The summed E-state index contributed by atoms with van der Waals surface area (Å²) in [6.45, 7) is 1.59. The molecule has 2 rings (SSSR count). The topological polar surface area (TPSA) is 17.1 Å². The first-order valence-electron chi connectivity index (χ1n) is 4.42. The summed E-state index contributed by atoms with van der Waals surface area (Å²) in [4.78, 5) is 13.3. The molecule has 1 nitrogen and oxygen atoms in total. The summed E-state index contributed by atoms with van der Waals surface area (Å²) in [5, 5.41) is 0. The Labute approximate surface area is 89.1 Å². The fraction of sp³-hybridized carbons (Fsp3) is 0.0833. The van der Waals surface area contributed by atoms with Gasteiger partial charge in [0.15, 0.2) is 0 Å². The van der Waals surface area contributed by atoms with Gasteiger partial charge in [-0.05, 0) is 0 Å². The predicted molar refractivity (Wildman–Crippen MR) is 58.8 cm³/mol. The van der Waals surface area contributed by atoms with Gasteiger partial charge < -0.3 is 0 Å². The molecule has 0 fully saturated rings. The zero-order chi connectivity index (χ0) is 9.97. The van der Waals surface area contributed by atoms with Gasteiger partial charge >= 0.3 is 88.9 Å². The molecule has 2 heteroatoms. The summed E-state index contributed by atoms with van der Waals surface area (Å²) in [5.74, 6) is 0.126. The van der Waals surface area contributed by atoms with Crippen LogP contribution in [0.1, 0.15) is 17.3 Å². The number of carbonyl (C=O) groups is 1. The number of Topliss-reactive ketones (excluding diaryl/α,β-unsaturated/α-hetero) is 1. The van der Waals surface area contributed by atoms with Crippen molar-refractivity contribution in [3.05, 3.63) is 46.9 Å². The average Bonchev–Trinajstić information content (AvgIpc) is 2.71. The van der Waals surface area contributed by atoms with Crippen LogP contribution in [0.5, 0.6) is 0 Å². The number of carbonyl (C=O) groups excluding carboxylic acids is 1. The summed E-state index contributed by atoms with van der Waals surface area (Å²) in [7, 11) is 0. The van der Waals surface area contributed by atoms with Crippen LogP contribution in [0.4, 0.5) is 0 Å². The molecule has 0 unspecified atom stereocenters. The minimum absolute atomic E-state index is 0.126. The summed E-state index contributed by atoms with van der Waals surface area (Å²) in [5.41, 5.74) is 2.02. The van der Waals surface area contributed by atoms with E-state index in [9.17, 15) is 4.79 Å². The Hall–Kier alpha value is -1.11. The fourth-order valence-corrected chi connectivity index (χ4v) is 2.85. The molecule has 0 radical (unpaired) electrons. The molecule has 0 aliphatic rings. The minimum atomic E-state index is 0.126. The van der Waals surface area contributed by atoms with E-state index in [0.717, 1.165) is 5.56 Å². The SMILES string of the molecule is CC(=O)c1ccc(-c2ccc[se]2)cc1. The second-order valence-electron chi connectivity index (χ2n) is 3.11. The molecule has 70 valence electrons. The molecule has 0 saturated heterocycles. The summed E-state index contributed by atoms with van der Waals surface area (Å²) in [6, 6.07) is 12.1. The van der Waals surface area contributed by atoms with Crippen molar-refractivity contribution < 1.29 is 4.79 Å². The van der Waals surface area contributed by atoms with Crippen molar-refractivity contribution in [2.45, 2.75) is 6.92 Å². The second-order valence-corrected chi connectivity index (χ2v) is 5.10. The van der Waals surface area contributed by atoms with E-state index in [-0.39, 0.29) is 5.78 Å². The van der Waals surface area contributed by atoms with Gasteiger partial charge in [0.25, 0.3) is 0 Å². The molecule has 14 heavy (non-hydrogen) atoms. The van der Waals surface area contributed by atoms with E-state index in [4.69, 9.17) is 0 Å². The third-order valence-electron chi connectivity index (χ3n) is 2.10. The molecule has 0 atom stereocenters. The van der Waals surface area contributed by atoms with Crippen molar-refractivity contribution >= 4 is 20.3 Å². The van der Waals surface area contributed by atoms with E-state index in [2.05, 4.69) is 17.1 Å². The molecule has 0 spiro atoms. The predicted octanol–water partition coefficient (Wildman–Crippen LogP) is 2.61. The molecule has 0 aliphatic heterocycles. The van der Waals surface area contributed by atoms with Gasteiger partial charge in [0.1, 0.15) is 0 Å². The van der Waals surface area contributed by atoms with E-state index in [0.29, 0.717) is 14.5 Å². The average molecular weight is 249 g/mol. The van der Waals surface area contributed by atoms with Crippen LogP contribution in [0.2, 0.25) is 0 Å². The third-order valence-corrected chi connectivity index (χ3v) is 4.03. The van der Waals surface area contributed by atoms with Gasteiger partial charge in [-0.25, -0.2) is 0 Å². The maximum absolute atomic E-state index is 11.1. The molecule has 0 saturated carbocycles. The first-order chi connectivity index (χ1) is 6.77. The quantitative estimate of drug-likeness (QED) is 0.590. The second kappa shape index (κ2) is 3.95. The molecule has 0 aliphatic carbocycles. The standard InChI is InChI=1S/C12H10OSe/c1-9(13)10-4-6-11(7-5-10)12-3-2-8-14-12/h2-8H,1H3. The Balaban J connectivity index is 2.36. The van der Waals surface area contributed by atoms with Crippen LogP contribution in [0.3, 0.4) is 0 Å². The zero-order valence-corrected chi connectivity index (χ0v) is 9.57. The van der Waals surface area contributed by atoms with Crippen molar-refractivity contribution in [2.75, 3.05) is 0 Å². The fourth-order valence-electron chi connectivity index (χ4n) is 1.31. The van der Waals surface area contributed by atoms with Crippen molar-refractivity contribution in [2.24, 2.45) is 0 Å². The molecule has 0 N–H and O–H groups in total. The monoisotopic (exact) mass is 250 g/mol. The molecule has 2 aromatic rings. The van der Waals surface area contributed by atoms with E-state index in [1.807, 2.05) is 24.3 Å². The molecule has 1 aromatic carbocycles. The first kappa shape index (κ1) is 9.44. The van der Waals surface area contributed by atoms with Gasteiger partial charge in [0.05, 0.1) is 0 Å². The molecule has 1 aromatic heterocycles. The van der Waals surface area contributed by atoms with Gasteiger partial charge in [-0.3, -0.25) is 0 Å². The summed E-state index contributed by atoms with van der Waals surface area (Å²) < 4.78 is 1.38. The van der Waals surface area contributed by atoms with E-state index >= 15 is 0 Å². The molecule has 0 bridgehead atoms. The van der Waals surface area contributed by atoms with Gasteiger partial charge in [-0.2, -0.15) is 0 Å². The number of hydrogen-bond donors (Lipinski definition) is 0. The van der Waals surface area contributed by atoms with Gasteiger partial charge in [0, 0.05) is 0 Å². The van der Waals surface area contributed by atoms with Crippen LogP contribution < -0.4 is 0 Å². The Bertz CT molecular complexity index is 426. The normalized spacial score (nSPS) is 10.1. The van der Waals surface area contributed by atoms with Gasteiger partial charge in [-0.15, -0.1) is 0 Å². The number of benzene rings is 1. The molecular weight excluding hydrogens is 239 g/mol. The van der Waals surface area contributed by atoms with Gasteiger partial charge in [0.2, 0.25) is 0 Å². The molecule has 1 heterocycles. The van der Waals surface area contributed by atoms with Crippen molar-refractivity contribution in [3.63, 3.8) is 0 Å². The Morgan fingerprint density at radius 1 is 1.14 bits per heavy atom. The summed E-state index contributed by atoms with van der Waals surface area (Å²) >= 11 is 0.470. The van der Waals surface area contributed by atoms with Crippen LogP contribution in [0, 0.1) is 0 Å².